The fourth-order valence-corrected chi connectivity index (χ4v) is 3.64. The number of anilines is 1. The Labute approximate surface area is 176 Å². The number of sulfonamides is 1. The number of methoxy groups -OCH3 is 4. The Morgan fingerprint density at radius 2 is 1.60 bits per heavy atom. The van der Waals surface area contributed by atoms with Crippen molar-refractivity contribution in [3.05, 3.63) is 42.0 Å². The van der Waals surface area contributed by atoms with Crippen molar-refractivity contribution in [3.8, 4) is 23.0 Å². The predicted octanol–water partition coefficient (Wildman–Crippen LogP) is 1.80. The van der Waals surface area contributed by atoms with Gasteiger partial charge in [0.2, 0.25) is 21.7 Å². The van der Waals surface area contributed by atoms with Crippen LogP contribution in [0.4, 0.5) is 5.69 Å². The van der Waals surface area contributed by atoms with Crippen LogP contribution in [-0.2, 0) is 21.4 Å². The Morgan fingerprint density at radius 1 is 0.967 bits per heavy atom. The Kier molecular flexibility index (Phi) is 7.76. The fraction of sp³-hybridized carbons (Fsp3) is 0.350. The molecule has 0 saturated heterocycles. The Balaban J connectivity index is 2.17. The van der Waals surface area contributed by atoms with Gasteiger partial charge in [0.25, 0.3) is 0 Å². The monoisotopic (exact) mass is 438 g/mol. The summed E-state index contributed by atoms with van der Waals surface area (Å²) in [6.45, 7) is -0.234. The smallest absolute Gasteiger partial charge is 0.241 e. The topological polar surface area (TPSA) is 103 Å². The highest BCUT2D eigenvalue weighted by atomic mass is 32.2. The van der Waals surface area contributed by atoms with Crippen LogP contribution in [0.15, 0.2) is 36.4 Å². The number of hydrogen-bond acceptors (Lipinski definition) is 7. The third-order valence-electron chi connectivity index (χ3n) is 4.24. The first kappa shape index (κ1) is 23.1. The molecule has 10 heteroatoms. The van der Waals surface area contributed by atoms with Gasteiger partial charge >= 0.3 is 0 Å². The number of carbonyl (C=O) groups is 1. The molecule has 2 aromatic carbocycles. The number of benzene rings is 2. The number of nitrogens with one attached hydrogen (secondary N) is 1. The molecule has 0 aromatic heterocycles. The Morgan fingerprint density at radius 3 is 2.10 bits per heavy atom. The molecule has 0 unspecified atom stereocenters. The van der Waals surface area contributed by atoms with E-state index in [2.05, 4.69) is 5.32 Å². The first-order valence-corrected chi connectivity index (χ1v) is 10.8. The van der Waals surface area contributed by atoms with E-state index in [1.165, 1.54) is 28.4 Å². The molecular formula is C20H26N2O7S. The van der Waals surface area contributed by atoms with Crippen LogP contribution < -0.4 is 28.6 Å². The average molecular weight is 439 g/mol. The SMILES string of the molecule is COc1cccc(N(CC(=O)NCc2cc(OC)c(OC)c(OC)c2)S(C)(=O)=O)c1. The molecule has 9 nitrogen and oxygen atoms in total. The van der Waals surface area contributed by atoms with Gasteiger partial charge in [-0.15, -0.1) is 0 Å². The van der Waals surface area contributed by atoms with Crippen LogP contribution in [0.1, 0.15) is 5.56 Å². The van der Waals surface area contributed by atoms with Crippen LogP contribution in [-0.4, -0.2) is 55.6 Å². The van der Waals surface area contributed by atoms with Crippen molar-refractivity contribution in [2.75, 3.05) is 45.5 Å². The number of rotatable bonds is 10. The first-order chi connectivity index (χ1) is 14.2. The zero-order chi connectivity index (χ0) is 22.3. The van der Waals surface area contributed by atoms with Crippen LogP contribution in [0.25, 0.3) is 0 Å². The summed E-state index contributed by atoms with van der Waals surface area (Å²) in [4.78, 5) is 12.5. The van der Waals surface area contributed by atoms with E-state index < -0.39 is 15.9 Å². The number of carbonyl (C=O) groups excluding carboxylic acids is 1. The van der Waals surface area contributed by atoms with E-state index >= 15 is 0 Å². The van der Waals surface area contributed by atoms with Crippen molar-refractivity contribution < 1.29 is 32.2 Å². The molecule has 2 aromatic rings. The maximum atomic E-state index is 12.5. The lowest BCUT2D eigenvalue weighted by Crippen LogP contribution is -2.40. The number of ether oxygens (including phenoxy) is 4. The van der Waals surface area contributed by atoms with Gasteiger partial charge in [0.1, 0.15) is 12.3 Å². The summed E-state index contributed by atoms with van der Waals surface area (Å²) in [6, 6.07) is 9.90. The normalized spacial score (nSPS) is 10.8. The van der Waals surface area contributed by atoms with Gasteiger partial charge in [-0.2, -0.15) is 0 Å². The van der Waals surface area contributed by atoms with Crippen molar-refractivity contribution in [2.24, 2.45) is 0 Å². The van der Waals surface area contributed by atoms with Crippen LogP contribution in [0.5, 0.6) is 23.0 Å². The molecule has 0 aliphatic rings. The van der Waals surface area contributed by atoms with Crippen molar-refractivity contribution in [1.82, 2.24) is 5.32 Å². The zero-order valence-electron chi connectivity index (χ0n) is 17.6. The molecule has 1 amide bonds. The van der Waals surface area contributed by atoms with E-state index in [1.54, 1.807) is 36.4 Å². The lowest BCUT2D eigenvalue weighted by Gasteiger charge is -2.22. The first-order valence-electron chi connectivity index (χ1n) is 8.90. The summed E-state index contributed by atoms with van der Waals surface area (Å²) in [5.74, 6) is 1.36. The van der Waals surface area contributed by atoms with Gasteiger partial charge in [-0.1, -0.05) is 6.07 Å². The van der Waals surface area contributed by atoms with Gasteiger partial charge in [0.15, 0.2) is 11.5 Å². The number of amides is 1. The Hall–Kier alpha value is -3.14. The van der Waals surface area contributed by atoms with Crippen molar-refractivity contribution in [3.63, 3.8) is 0 Å². The summed E-state index contributed by atoms with van der Waals surface area (Å²) in [6.07, 6.45) is 1.04. The van der Waals surface area contributed by atoms with Gasteiger partial charge in [-0.25, -0.2) is 8.42 Å². The number of nitrogens with zero attached hydrogens (tertiary/aromatic N) is 1. The predicted molar refractivity (Wildman–Crippen MR) is 113 cm³/mol. The molecule has 0 heterocycles. The van der Waals surface area contributed by atoms with Gasteiger partial charge in [0, 0.05) is 12.6 Å². The van der Waals surface area contributed by atoms with Crippen molar-refractivity contribution in [1.29, 1.82) is 0 Å². The second-order valence-electron chi connectivity index (χ2n) is 6.28. The lowest BCUT2D eigenvalue weighted by molar-refractivity contribution is -0.119. The maximum absolute atomic E-state index is 12.5. The molecule has 0 fully saturated rings. The third kappa shape index (κ3) is 5.69. The minimum Gasteiger partial charge on any atom is -0.497 e. The summed E-state index contributed by atoms with van der Waals surface area (Å²) in [5, 5.41) is 2.71. The lowest BCUT2D eigenvalue weighted by atomic mass is 10.1. The van der Waals surface area contributed by atoms with E-state index in [4.69, 9.17) is 18.9 Å². The molecule has 0 aliphatic carbocycles. The molecule has 0 atom stereocenters. The Bertz CT molecular complexity index is 967. The van der Waals surface area contributed by atoms with Crippen LogP contribution >= 0.6 is 0 Å². The van der Waals surface area contributed by atoms with Gasteiger partial charge in [0.05, 0.1) is 40.4 Å². The highest BCUT2D eigenvalue weighted by Gasteiger charge is 2.21. The molecule has 0 saturated carbocycles. The molecule has 2 rings (SSSR count). The summed E-state index contributed by atoms with van der Waals surface area (Å²) in [7, 11) is 2.29. The fourth-order valence-electron chi connectivity index (χ4n) is 2.79. The highest BCUT2D eigenvalue weighted by molar-refractivity contribution is 7.92. The van der Waals surface area contributed by atoms with Crippen molar-refractivity contribution >= 4 is 21.6 Å². The highest BCUT2D eigenvalue weighted by Crippen LogP contribution is 2.38. The molecule has 164 valence electrons. The summed E-state index contributed by atoms with van der Waals surface area (Å²) in [5.41, 5.74) is 1.03. The minimum absolute atomic E-state index is 0.144. The molecule has 1 N–H and O–H groups in total. The molecule has 0 bridgehead atoms. The van der Waals surface area contributed by atoms with E-state index in [0.29, 0.717) is 34.2 Å². The van der Waals surface area contributed by atoms with Gasteiger partial charge < -0.3 is 24.3 Å². The summed E-state index contributed by atoms with van der Waals surface area (Å²) < 4.78 is 46.5. The second kappa shape index (κ2) is 10.1. The largest absolute Gasteiger partial charge is 0.497 e. The average Bonchev–Trinajstić information content (AvgIpc) is 2.74. The van der Waals surface area contributed by atoms with Crippen molar-refractivity contribution in [2.45, 2.75) is 6.54 Å². The molecule has 30 heavy (non-hydrogen) atoms. The van der Waals surface area contributed by atoms with E-state index in [-0.39, 0.29) is 13.1 Å². The number of hydrogen-bond donors (Lipinski definition) is 1. The van der Waals surface area contributed by atoms with E-state index in [1.807, 2.05) is 0 Å². The minimum atomic E-state index is -3.69. The molecule has 0 radical (unpaired) electrons. The van der Waals surface area contributed by atoms with E-state index in [9.17, 15) is 13.2 Å². The van der Waals surface area contributed by atoms with Crippen LogP contribution in [0.2, 0.25) is 0 Å². The molecular weight excluding hydrogens is 412 g/mol. The van der Waals surface area contributed by atoms with Gasteiger partial charge in [-0.05, 0) is 29.8 Å². The van der Waals surface area contributed by atoms with Crippen LogP contribution in [0.3, 0.4) is 0 Å². The second-order valence-corrected chi connectivity index (χ2v) is 8.19. The third-order valence-corrected chi connectivity index (χ3v) is 5.38. The van der Waals surface area contributed by atoms with Gasteiger partial charge in [-0.3, -0.25) is 9.10 Å². The van der Waals surface area contributed by atoms with Crippen LogP contribution in [0, 0.1) is 0 Å². The van der Waals surface area contributed by atoms with E-state index in [0.717, 1.165) is 10.6 Å². The molecule has 0 aliphatic heterocycles. The zero-order valence-corrected chi connectivity index (χ0v) is 18.4. The summed E-state index contributed by atoms with van der Waals surface area (Å²) >= 11 is 0. The standard InChI is InChI=1S/C20H26N2O7S/c1-26-16-8-6-7-15(11-16)22(30(5,24)25)13-19(23)21-12-14-9-17(27-2)20(29-4)18(10-14)28-3/h6-11H,12-13H2,1-5H3,(H,21,23). The quantitative estimate of drug-likeness (QED) is 0.603. The molecule has 0 spiro atoms. The maximum Gasteiger partial charge on any atom is 0.241 e.